The summed E-state index contributed by atoms with van der Waals surface area (Å²) in [6.45, 7) is 3.23. The Balaban J connectivity index is 1.89. The van der Waals surface area contributed by atoms with Crippen LogP contribution in [0.4, 0.5) is 0 Å². The molecule has 0 radical (unpaired) electrons. The third-order valence-corrected chi connectivity index (χ3v) is 4.18. The number of carbonyl (C=O) groups excluding carboxylic acids is 2. The van der Waals surface area contributed by atoms with E-state index >= 15 is 0 Å². The second-order valence-corrected chi connectivity index (χ2v) is 5.71. The molecule has 1 aliphatic heterocycles. The summed E-state index contributed by atoms with van der Waals surface area (Å²) in [6.07, 6.45) is 2.08. The lowest BCUT2D eigenvalue weighted by molar-refractivity contribution is -0.131. The van der Waals surface area contributed by atoms with Gasteiger partial charge in [-0.25, -0.2) is 0 Å². The molecule has 0 aromatic carbocycles. The first-order chi connectivity index (χ1) is 9.72. The van der Waals surface area contributed by atoms with Gasteiger partial charge in [0, 0.05) is 38.0 Å². The van der Waals surface area contributed by atoms with Gasteiger partial charge in [0.15, 0.2) is 0 Å². The fraction of sp³-hybridized carbons (Fsp3) is 0.571. The highest BCUT2D eigenvalue weighted by molar-refractivity contribution is 7.08. The van der Waals surface area contributed by atoms with E-state index in [0.717, 1.165) is 31.5 Å². The van der Waals surface area contributed by atoms with Gasteiger partial charge in [-0.15, -0.1) is 0 Å². The van der Waals surface area contributed by atoms with Gasteiger partial charge in [-0.3, -0.25) is 9.59 Å². The number of rotatable bonds is 4. The minimum Gasteiger partial charge on any atom is -0.341 e. The zero-order valence-electron chi connectivity index (χ0n) is 11.6. The summed E-state index contributed by atoms with van der Waals surface area (Å²) in [4.78, 5) is 28.0. The zero-order chi connectivity index (χ0) is 14.4. The van der Waals surface area contributed by atoms with Crippen molar-refractivity contribution >= 4 is 23.2 Å². The van der Waals surface area contributed by atoms with Gasteiger partial charge in [-0.2, -0.15) is 11.3 Å². The molecule has 6 heteroatoms. The van der Waals surface area contributed by atoms with Crippen LogP contribution in [0.2, 0.25) is 0 Å². The molecular weight excluding hydrogens is 274 g/mol. The molecule has 5 nitrogen and oxygen atoms in total. The van der Waals surface area contributed by atoms with Crippen LogP contribution in [0.5, 0.6) is 0 Å². The summed E-state index contributed by atoms with van der Waals surface area (Å²) >= 11 is 1.53. The number of nitrogens with two attached hydrogens (primary N) is 1. The Morgan fingerprint density at radius 1 is 1.20 bits per heavy atom. The lowest BCUT2D eigenvalue weighted by Crippen LogP contribution is -2.37. The highest BCUT2D eigenvalue weighted by Gasteiger charge is 2.22. The second kappa shape index (κ2) is 7.40. The maximum absolute atomic E-state index is 12.3. The van der Waals surface area contributed by atoms with E-state index < -0.39 is 0 Å². The average molecular weight is 295 g/mol. The number of thiophene rings is 1. The maximum Gasteiger partial charge on any atom is 0.254 e. The summed E-state index contributed by atoms with van der Waals surface area (Å²) in [6, 6.07) is 1.85. The van der Waals surface area contributed by atoms with Crippen molar-refractivity contribution in [1.82, 2.24) is 9.80 Å². The highest BCUT2D eigenvalue weighted by atomic mass is 32.1. The van der Waals surface area contributed by atoms with Gasteiger partial charge in [0.25, 0.3) is 5.91 Å². The van der Waals surface area contributed by atoms with E-state index in [4.69, 9.17) is 5.73 Å². The molecule has 0 saturated carbocycles. The normalized spacial score (nSPS) is 16.1. The summed E-state index contributed by atoms with van der Waals surface area (Å²) in [5, 5.41) is 3.78. The second-order valence-electron chi connectivity index (χ2n) is 4.93. The largest absolute Gasteiger partial charge is 0.341 e. The smallest absolute Gasteiger partial charge is 0.254 e. The van der Waals surface area contributed by atoms with Crippen molar-refractivity contribution in [2.24, 2.45) is 5.73 Å². The predicted octanol–water partition coefficient (Wildman–Crippen LogP) is 1.16. The highest BCUT2D eigenvalue weighted by Crippen LogP contribution is 2.12. The lowest BCUT2D eigenvalue weighted by Gasteiger charge is -2.22. The molecule has 0 atom stereocenters. The molecule has 1 aromatic rings. The molecule has 1 aliphatic rings. The molecule has 20 heavy (non-hydrogen) atoms. The zero-order valence-corrected chi connectivity index (χ0v) is 12.4. The molecule has 1 fully saturated rings. The summed E-state index contributed by atoms with van der Waals surface area (Å²) in [5.74, 6) is 0.225. The summed E-state index contributed by atoms with van der Waals surface area (Å²) < 4.78 is 0. The molecule has 0 spiro atoms. The SMILES string of the molecule is NCCCC(=O)N1CCCN(C(=O)c2ccsc2)CC1. The Hall–Kier alpha value is -1.40. The molecule has 2 N–H and O–H groups in total. The molecule has 2 amide bonds. The number of nitrogens with zero attached hydrogens (tertiary/aromatic N) is 2. The van der Waals surface area contributed by atoms with Crippen LogP contribution >= 0.6 is 11.3 Å². The summed E-state index contributed by atoms with van der Waals surface area (Å²) in [5.41, 5.74) is 6.18. The molecule has 0 bridgehead atoms. The van der Waals surface area contributed by atoms with Gasteiger partial charge >= 0.3 is 0 Å². The van der Waals surface area contributed by atoms with Crippen molar-refractivity contribution in [3.05, 3.63) is 22.4 Å². The average Bonchev–Trinajstić information content (AvgIpc) is 2.88. The molecule has 1 saturated heterocycles. The quantitative estimate of drug-likeness (QED) is 0.906. The molecular formula is C14H21N3O2S. The first kappa shape index (κ1) is 15.0. The lowest BCUT2D eigenvalue weighted by atomic mass is 10.2. The molecule has 0 unspecified atom stereocenters. The maximum atomic E-state index is 12.3. The summed E-state index contributed by atoms with van der Waals surface area (Å²) in [7, 11) is 0. The van der Waals surface area contributed by atoms with Gasteiger partial charge in [0.1, 0.15) is 0 Å². The van der Waals surface area contributed by atoms with Crippen molar-refractivity contribution in [2.75, 3.05) is 32.7 Å². The van der Waals surface area contributed by atoms with Crippen molar-refractivity contribution in [3.8, 4) is 0 Å². The third-order valence-electron chi connectivity index (χ3n) is 3.50. The van der Waals surface area contributed by atoms with Crippen LogP contribution in [-0.4, -0.2) is 54.3 Å². The monoisotopic (exact) mass is 295 g/mol. The fourth-order valence-corrected chi connectivity index (χ4v) is 2.98. The van der Waals surface area contributed by atoms with Crippen LogP contribution < -0.4 is 5.73 Å². The van der Waals surface area contributed by atoms with Gasteiger partial charge < -0.3 is 15.5 Å². The Morgan fingerprint density at radius 2 is 1.95 bits per heavy atom. The standard InChI is InChI=1S/C14H21N3O2S/c15-5-1-3-13(18)16-6-2-7-17(9-8-16)14(19)12-4-10-20-11-12/h4,10-11H,1-3,5-9,15H2. The molecule has 110 valence electrons. The molecule has 2 heterocycles. The van der Waals surface area contributed by atoms with Gasteiger partial charge in [-0.1, -0.05) is 0 Å². The van der Waals surface area contributed by atoms with E-state index in [9.17, 15) is 9.59 Å². The van der Waals surface area contributed by atoms with Crippen LogP contribution in [0.15, 0.2) is 16.8 Å². The first-order valence-electron chi connectivity index (χ1n) is 7.01. The minimum absolute atomic E-state index is 0.0718. The fourth-order valence-electron chi connectivity index (χ4n) is 2.35. The van der Waals surface area contributed by atoms with E-state index in [1.807, 2.05) is 26.6 Å². The van der Waals surface area contributed by atoms with Crippen molar-refractivity contribution in [2.45, 2.75) is 19.3 Å². The third kappa shape index (κ3) is 3.80. The first-order valence-corrected chi connectivity index (χ1v) is 7.96. The number of carbonyl (C=O) groups is 2. The number of amides is 2. The van der Waals surface area contributed by atoms with Crippen LogP contribution in [0, 0.1) is 0 Å². The van der Waals surface area contributed by atoms with Crippen LogP contribution in [0.3, 0.4) is 0 Å². The van der Waals surface area contributed by atoms with E-state index in [1.165, 1.54) is 11.3 Å². The molecule has 2 rings (SSSR count). The number of hydrogen-bond donors (Lipinski definition) is 1. The Kier molecular flexibility index (Phi) is 5.55. The Morgan fingerprint density at radius 3 is 2.65 bits per heavy atom. The molecule has 0 aliphatic carbocycles. The van der Waals surface area contributed by atoms with E-state index in [2.05, 4.69) is 0 Å². The van der Waals surface area contributed by atoms with Crippen molar-refractivity contribution in [1.29, 1.82) is 0 Å². The van der Waals surface area contributed by atoms with Crippen LogP contribution in [-0.2, 0) is 4.79 Å². The Labute approximate surface area is 123 Å². The van der Waals surface area contributed by atoms with Crippen LogP contribution in [0.1, 0.15) is 29.6 Å². The molecule has 1 aromatic heterocycles. The van der Waals surface area contributed by atoms with E-state index in [1.54, 1.807) is 0 Å². The van der Waals surface area contributed by atoms with E-state index in [-0.39, 0.29) is 11.8 Å². The minimum atomic E-state index is 0.0718. The Bertz CT molecular complexity index is 447. The van der Waals surface area contributed by atoms with E-state index in [0.29, 0.717) is 26.1 Å². The topological polar surface area (TPSA) is 66.6 Å². The van der Waals surface area contributed by atoms with Crippen molar-refractivity contribution in [3.63, 3.8) is 0 Å². The van der Waals surface area contributed by atoms with Crippen molar-refractivity contribution < 1.29 is 9.59 Å². The number of hydrogen-bond acceptors (Lipinski definition) is 4. The predicted molar refractivity (Wildman–Crippen MR) is 79.7 cm³/mol. The van der Waals surface area contributed by atoms with Gasteiger partial charge in [-0.05, 0) is 30.8 Å². The van der Waals surface area contributed by atoms with Gasteiger partial charge in [0.2, 0.25) is 5.91 Å². The van der Waals surface area contributed by atoms with Gasteiger partial charge in [0.05, 0.1) is 5.56 Å². The van der Waals surface area contributed by atoms with Crippen LogP contribution in [0.25, 0.3) is 0 Å².